The molecule has 146 valence electrons. The minimum atomic E-state index is -1.21. The minimum absolute atomic E-state index is 0.196. The monoisotopic (exact) mass is 383 g/mol. The number of benzene rings is 1. The van der Waals surface area contributed by atoms with Gasteiger partial charge in [0.15, 0.2) is 5.54 Å². The Morgan fingerprint density at radius 2 is 2.04 bits per heavy atom. The molecule has 0 bridgehead atoms. The summed E-state index contributed by atoms with van der Waals surface area (Å²) >= 11 is 0. The van der Waals surface area contributed by atoms with Gasteiger partial charge in [0.05, 0.1) is 22.8 Å². The van der Waals surface area contributed by atoms with Gasteiger partial charge in [0.2, 0.25) is 5.91 Å². The molecule has 28 heavy (non-hydrogen) atoms. The van der Waals surface area contributed by atoms with E-state index in [1.807, 2.05) is 6.07 Å². The molecule has 0 fully saturated rings. The van der Waals surface area contributed by atoms with Crippen LogP contribution in [0.5, 0.6) is 0 Å². The van der Waals surface area contributed by atoms with E-state index in [0.717, 1.165) is 0 Å². The second-order valence-electron chi connectivity index (χ2n) is 6.97. The number of rotatable bonds is 7. The third-order valence-electron chi connectivity index (χ3n) is 4.44. The largest absolute Gasteiger partial charge is 0.479 e. The number of fused-ring (bicyclic) bond motifs is 1. The summed E-state index contributed by atoms with van der Waals surface area (Å²) in [6.07, 6.45) is 4.07. The van der Waals surface area contributed by atoms with E-state index in [1.165, 1.54) is 30.9 Å². The van der Waals surface area contributed by atoms with Crippen LogP contribution >= 0.6 is 0 Å². The number of hydrogen-bond acceptors (Lipinski definition) is 5. The van der Waals surface area contributed by atoms with E-state index in [0.29, 0.717) is 35.3 Å². The third-order valence-corrected chi connectivity index (χ3v) is 4.44. The number of para-hydroxylation sites is 1. The summed E-state index contributed by atoms with van der Waals surface area (Å²) in [4.78, 5) is 42.6. The second-order valence-corrected chi connectivity index (χ2v) is 6.97. The zero-order valence-corrected chi connectivity index (χ0v) is 15.6. The van der Waals surface area contributed by atoms with E-state index in [1.54, 1.807) is 18.2 Å². The number of anilines is 1. The lowest BCUT2D eigenvalue weighted by molar-refractivity contribution is -0.146. The van der Waals surface area contributed by atoms with Crippen molar-refractivity contribution in [3.8, 4) is 0 Å². The molecule has 0 aliphatic rings. The topological polar surface area (TPSA) is 130 Å². The molecule has 0 spiro atoms. The molecular weight excluding hydrogens is 362 g/mol. The van der Waals surface area contributed by atoms with Crippen molar-refractivity contribution >= 4 is 28.5 Å². The summed E-state index contributed by atoms with van der Waals surface area (Å²) in [5.74, 6) is -0.714. The standard InChI is InChI=1S/C19H21N5O4/c1-19(2,18(27)28)24-11-12(10-20-24)21-16(25)9-5-8-15-22-14-7-4-3-6-13(14)17(26)23-15/h3-4,6-7,10-11H,5,8-9H2,1-2H3,(H,21,25)(H,27,28)(H,22,23,26). The van der Waals surface area contributed by atoms with Crippen LogP contribution in [0.15, 0.2) is 41.5 Å². The zero-order chi connectivity index (χ0) is 20.3. The number of aromatic amines is 1. The van der Waals surface area contributed by atoms with Crippen LogP contribution in [0.4, 0.5) is 5.69 Å². The molecule has 0 unspecified atom stereocenters. The van der Waals surface area contributed by atoms with E-state index < -0.39 is 11.5 Å². The molecule has 0 saturated heterocycles. The lowest BCUT2D eigenvalue weighted by Gasteiger charge is -2.19. The molecule has 1 amide bonds. The van der Waals surface area contributed by atoms with Gasteiger partial charge in [0.1, 0.15) is 5.82 Å². The number of amides is 1. The van der Waals surface area contributed by atoms with Gasteiger partial charge in [-0.3, -0.25) is 14.3 Å². The summed E-state index contributed by atoms with van der Waals surface area (Å²) in [6, 6.07) is 7.09. The Labute approximate surface area is 160 Å². The van der Waals surface area contributed by atoms with Gasteiger partial charge in [-0.05, 0) is 32.4 Å². The Balaban J connectivity index is 1.56. The number of carbonyl (C=O) groups is 2. The molecule has 0 aliphatic heterocycles. The Morgan fingerprint density at radius 1 is 1.29 bits per heavy atom. The summed E-state index contributed by atoms with van der Waals surface area (Å²) in [5.41, 5.74) is -0.356. The Bertz CT molecular complexity index is 1080. The number of aliphatic carboxylic acids is 1. The van der Waals surface area contributed by atoms with Gasteiger partial charge >= 0.3 is 5.97 Å². The van der Waals surface area contributed by atoms with Gasteiger partial charge in [-0.15, -0.1) is 0 Å². The molecule has 0 saturated carbocycles. The second kappa shape index (κ2) is 7.63. The van der Waals surface area contributed by atoms with Crippen LogP contribution in [0.3, 0.4) is 0 Å². The van der Waals surface area contributed by atoms with Crippen molar-refractivity contribution in [3.05, 3.63) is 52.8 Å². The summed E-state index contributed by atoms with van der Waals surface area (Å²) < 4.78 is 1.29. The highest BCUT2D eigenvalue weighted by atomic mass is 16.4. The first kappa shape index (κ1) is 19.3. The number of H-pyrrole nitrogens is 1. The normalized spacial score (nSPS) is 11.5. The van der Waals surface area contributed by atoms with Crippen LogP contribution in [-0.4, -0.2) is 36.7 Å². The smallest absolute Gasteiger partial charge is 0.331 e. The van der Waals surface area contributed by atoms with Crippen LogP contribution in [-0.2, 0) is 21.5 Å². The lowest BCUT2D eigenvalue weighted by atomic mass is 10.1. The lowest BCUT2D eigenvalue weighted by Crippen LogP contribution is -2.35. The van der Waals surface area contributed by atoms with Crippen molar-refractivity contribution in [2.45, 2.75) is 38.6 Å². The number of carboxylic acids is 1. The molecule has 0 atom stereocenters. The van der Waals surface area contributed by atoms with Gasteiger partial charge in [0, 0.05) is 19.0 Å². The van der Waals surface area contributed by atoms with Crippen molar-refractivity contribution < 1.29 is 14.7 Å². The number of nitrogens with one attached hydrogen (secondary N) is 2. The molecule has 0 aliphatic carbocycles. The number of nitrogens with zero attached hydrogens (tertiary/aromatic N) is 3. The molecule has 9 nitrogen and oxygen atoms in total. The zero-order valence-electron chi connectivity index (χ0n) is 15.6. The number of aryl methyl sites for hydroxylation is 1. The number of aromatic nitrogens is 4. The molecular formula is C19H21N5O4. The summed E-state index contributed by atoms with van der Waals surface area (Å²) in [6.45, 7) is 3.04. The molecule has 9 heteroatoms. The van der Waals surface area contributed by atoms with Gasteiger partial charge in [-0.1, -0.05) is 12.1 Å². The minimum Gasteiger partial charge on any atom is -0.479 e. The fourth-order valence-corrected chi connectivity index (χ4v) is 2.68. The number of carbonyl (C=O) groups excluding carboxylic acids is 1. The summed E-state index contributed by atoms with van der Waals surface area (Å²) in [5, 5.41) is 16.4. The van der Waals surface area contributed by atoms with E-state index in [2.05, 4.69) is 20.4 Å². The van der Waals surface area contributed by atoms with Crippen molar-refractivity contribution in [1.29, 1.82) is 0 Å². The SMILES string of the molecule is CC(C)(C(=O)O)n1cc(NC(=O)CCCc2nc3ccccc3c(=O)[nH]2)cn1. The fourth-order valence-electron chi connectivity index (χ4n) is 2.68. The van der Waals surface area contributed by atoms with Crippen LogP contribution < -0.4 is 10.9 Å². The third kappa shape index (κ3) is 4.08. The molecule has 2 aromatic heterocycles. The fraction of sp³-hybridized carbons (Fsp3) is 0.316. The van der Waals surface area contributed by atoms with E-state index >= 15 is 0 Å². The number of hydrogen-bond donors (Lipinski definition) is 3. The molecule has 3 N–H and O–H groups in total. The van der Waals surface area contributed by atoms with Crippen molar-refractivity contribution in [2.75, 3.05) is 5.32 Å². The Hall–Kier alpha value is -3.49. The first-order valence-electron chi connectivity index (χ1n) is 8.84. The summed E-state index contributed by atoms with van der Waals surface area (Å²) in [7, 11) is 0. The molecule has 2 heterocycles. The van der Waals surface area contributed by atoms with Crippen molar-refractivity contribution in [1.82, 2.24) is 19.7 Å². The van der Waals surface area contributed by atoms with Crippen LogP contribution in [0.25, 0.3) is 10.9 Å². The molecule has 3 aromatic rings. The highest BCUT2D eigenvalue weighted by Gasteiger charge is 2.30. The van der Waals surface area contributed by atoms with Crippen molar-refractivity contribution in [2.24, 2.45) is 0 Å². The average Bonchev–Trinajstić information content (AvgIpc) is 3.11. The average molecular weight is 383 g/mol. The quantitative estimate of drug-likeness (QED) is 0.571. The van der Waals surface area contributed by atoms with Gasteiger partial charge in [0.25, 0.3) is 5.56 Å². The predicted molar refractivity (Wildman–Crippen MR) is 103 cm³/mol. The van der Waals surface area contributed by atoms with Crippen molar-refractivity contribution in [3.63, 3.8) is 0 Å². The molecule has 0 radical (unpaired) electrons. The van der Waals surface area contributed by atoms with Gasteiger partial charge in [-0.2, -0.15) is 5.10 Å². The number of carboxylic acid groups (broad SMARTS) is 1. The van der Waals surface area contributed by atoms with E-state index in [9.17, 15) is 19.5 Å². The van der Waals surface area contributed by atoms with Crippen LogP contribution in [0.2, 0.25) is 0 Å². The first-order valence-corrected chi connectivity index (χ1v) is 8.84. The maximum atomic E-state index is 12.1. The first-order chi connectivity index (χ1) is 13.3. The van der Waals surface area contributed by atoms with E-state index in [-0.39, 0.29) is 17.9 Å². The maximum absolute atomic E-state index is 12.1. The maximum Gasteiger partial charge on any atom is 0.331 e. The van der Waals surface area contributed by atoms with Crippen LogP contribution in [0.1, 0.15) is 32.5 Å². The predicted octanol–water partition coefficient (Wildman–Crippen LogP) is 1.90. The van der Waals surface area contributed by atoms with Gasteiger partial charge < -0.3 is 15.4 Å². The van der Waals surface area contributed by atoms with Crippen LogP contribution in [0, 0.1) is 0 Å². The highest BCUT2D eigenvalue weighted by Crippen LogP contribution is 2.17. The van der Waals surface area contributed by atoms with Gasteiger partial charge in [-0.25, -0.2) is 9.78 Å². The Morgan fingerprint density at radius 3 is 2.79 bits per heavy atom. The highest BCUT2D eigenvalue weighted by molar-refractivity contribution is 5.90. The van der Waals surface area contributed by atoms with E-state index in [4.69, 9.17) is 0 Å². The molecule has 3 rings (SSSR count). The molecule has 1 aromatic carbocycles. The Kier molecular flexibility index (Phi) is 5.25.